The van der Waals surface area contributed by atoms with Gasteiger partial charge in [-0.2, -0.15) is 0 Å². The maximum Gasteiger partial charge on any atom is 0.331 e. The van der Waals surface area contributed by atoms with Crippen LogP contribution in [0, 0.1) is 0 Å². The molecule has 1 aliphatic rings. The van der Waals surface area contributed by atoms with Gasteiger partial charge in [0, 0.05) is 6.08 Å². The van der Waals surface area contributed by atoms with E-state index in [9.17, 15) is 9.90 Å². The molecule has 0 aromatic heterocycles. The summed E-state index contributed by atoms with van der Waals surface area (Å²) >= 11 is 0. The number of allylic oxidation sites excluding steroid dienone is 4. The predicted octanol–water partition coefficient (Wildman–Crippen LogP) is 3.61. The zero-order valence-corrected chi connectivity index (χ0v) is 14.9. The molecule has 0 aliphatic carbocycles. The molecule has 24 heavy (non-hydrogen) atoms. The quantitative estimate of drug-likeness (QED) is 0.447. The lowest BCUT2D eigenvalue weighted by Crippen LogP contribution is -1.92. The summed E-state index contributed by atoms with van der Waals surface area (Å²) in [6, 6.07) is 0. The smallest absolute Gasteiger partial charge is 0.331 e. The normalized spacial score (nSPS) is 16.4. The molecule has 0 spiro atoms. The molecule has 0 aromatic carbocycles. The summed E-state index contributed by atoms with van der Waals surface area (Å²) in [5, 5.41) is 18.3. The first-order chi connectivity index (χ1) is 11.5. The number of rotatable bonds is 11. The number of hydrogen-bond donors (Lipinski definition) is 2. The molecule has 0 bridgehead atoms. The molecule has 1 heterocycles. The highest BCUT2D eigenvalue weighted by Gasteiger charge is 2.11. The molecule has 0 amide bonds. The third-order valence-electron chi connectivity index (χ3n) is 4.06. The molecule has 0 unspecified atom stereocenters. The van der Waals surface area contributed by atoms with Gasteiger partial charge in [-0.25, -0.2) is 4.79 Å². The van der Waals surface area contributed by atoms with Crippen molar-refractivity contribution in [3.05, 3.63) is 46.6 Å². The number of hydrogen-bond acceptors (Lipinski definition) is 4. The van der Waals surface area contributed by atoms with Crippen molar-refractivity contribution in [3.63, 3.8) is 0 Å². The van der Waals surface area contributed by atoms with E-state index in [4.69, 9.17) is 9.84 Å². The zero-order chi connectivity index (χ0) is 17.8. The molecule has 134 valence electrons. The third-order valence-corrected chi connectivity index (χ3v) is 4.06. The van der Waals surface area contributed by atoms with Gasteiger partial charge in [0.05, 0.1) is 13.2 Å². The number of carbonyl (C=O) groups excluding carboxylic acids is 1. The Morgan fingerprint density at radius 2 is 1.75 bits per heavy atom. The van der Waals surface area contributed by atoms with Crippen LogP contribution in [-0.4, -0.2) is 36.0 Å². The number of esters is 1. The summed E-state index contributed by atoms with van der Waals surface area (Å²) in [6.45, 7) is 4.65. The monoisotopic (exact) mass is 334 g/mol. The van der Waals surface area contributed by atoms with Crippen LogP contribution in [0.25, 0.3) is 0 Å². The van der Waals surface area contributed by atoms with Crippen molar-refractivity contribution in [2.24, 2.45) is 0 Å². The van der Waals surface area contributed by atoms with Crippen molar-refractivity contribution < 1.29 is 19.7 Å². The van der Waals surface area contributed by atoms with Crippen LogP contribution < -0.4 is 0 Å². The molecule has 0 radical (unpaired) electrons. The Bertz CT molecular complexity index is 524. The third kappa shape index (κ3) is 8.85. The predicted molar refractivity (Wildman–Crippen MR) is 96.5 cm³/mol. The Morgan fingerprint density at radius 1 is 1.04 bits per heavy atom. The van der Waals surface area contributed by atoms with Crippen LogP contribution >= 0.6 is 0 Å². The fourth-order valence-corrected chi connectivity index (χ4v) is 2.48. The first kappa shape index (κ1) is 20.4. The lowest BCUT2D eigenvalue weighted by Gasteiger charge is -2.04. The second kappa shape index (κ2) is 11.8. The molecular formula is C20H30O4. The lowest BCUT2D eigenvalue weighted by atomic mass is 10.0. The van der Waals surface area contributed by atoms with E-state index in [0.717, 1.165) is 55.2 Å². The van der Waals surface area contributed by atoms with E-state index in [1.54, 1.807) is 6.08 Å². The highest BCUT2D eigenvalue weighted by Crippen LogP contribution is 2.16. The number of cyclic esters (lactones) is 1. The first-order valence-corrected chi connectivity index (χ1v) is 8.62. The Kier molecular flexibility index (Phi) is 10.0. The minimum atomic E-state index is -0.226. The summed E-state index contributed by atoms with van der Waals surface area (Å²) in [6.07, 6.45) is 13.3. The second-order valence-corrected chi connectivity index (χ2v) is 6.31. The topological polar surface area (TPSA) is 66.8 Å². The molecule has 0 atom stereocenters. The molecule has 0 saturated heterocycles. The zero-order valence-electron chi connectivity index (χ0n) is 14.9. The van der Waals surface area contributed by atoms with Crippen molar-refractivity contribution in [1.82, 2.24) is 0 Å². The van der Waals surface area contributed by atoms with Gasteiger partial charge in [-0.3, -0.25) is 0 Å². The Morgan fingerprint density at radius 3 is 2.38 bits per heavy atom. The van der Waals surface area contributed by atoms with Crippen molar-refractivity contribution in [2.75, 3.05) is 19.8 Å². The standard InChI is InChI=1S/C20H30O4/c1-16(7-4-11-19-12-20(23)24-15-19)6-3-9-18(14-22)10-5-8-17(2)13-21/h7-9,12,21-22H,3-6,10-11,13-15H2,1-2H3/b16-7+,17-8-,18-9-. The number of carbonyl (C=O) groups is 1. The minimum Gasteiger partial charge on any atom is -0.458 e. The molecule has 4 heteroatoms. The molecule has 0 saturated carbocycles. The van der Waals surface area contributed by atoms with Crippen molar-refractivity contribution in [1.29, 1.82) is 0 Å². The van der Waals surface area contributed by atoms with Gasteiger partial charge in [-0.15, -0.1) is 0 Å². The first-order valence-electron chi connectivity index (χ1n) is 8.62. The molecule has 4 nitrogen and oxygen atoms in total. The highest BCUT2D eigenvalue weighted by atomic mass is 16.5. The maximum atomic E-state index is 11.0. The maximum absolute atomic E-state index is 11.0. The summed E-state index contributed by atoms with van der Waals surface area (Å²) < 4.78 is 4.88. The van der Waals surface area contributed by atoms with Crippen molar-refractivity contribution >= 4 is 5.97 Å². The summed E-state index contributed by atoms with van der Waals surface area (Å²) in [5.74, 6) is -0.226. The Balaban J connectivity index is 2.28. The number of aliphatic hydroxyl groups is 2. The number of ether oxygens (including phenoxy) is 1. The van der Waals surface area contributed by atoms with Crippen LogP contribution in [0.3, 0.4) is 0 Å². The highest BCUT2D eigenvalue weighted by molar-refractivity contribution is 5.85. The van der Waals surface area contributed by atoms with Gasteiger partial charge in [-0.1, -0.05) is 29.4 Å². The molecule has 2 N–H and O–H groups in total. The lowest BCUT2D eigenvalue weighted by molar-refractivity contribution is -0.134. The molecule has 0 aromatic rings. The molecular weight excluding hydrogens is 304 g/mol. The Hall–Kier alpha value is -1.65. The number of aliphatic hydroxyl groups excluding tert-OH is 2. The second-order valence-electron chi connectivity index (χ2n) is 6.31. The van der Waals surface area contributed by atoms with Gasteiger partial charge < -0.3 is 14.9 Å². The van der Waals surface area contributed by atoms with E-state index >= 15 is 0 Å². The van der Waals surface area contributed by atoms with Crippen LogP contribution in [0.15, 0.2) is 46.6 Å². The minimum absolute atomic E-state index is 0.0942. The fourth-order valence-electron chi connectivity index (χ4n) is 2.48. The van der Waals surface area contributed by atoms with Crippen LogP contribution in [-0.2, 0) is 9.53 Å². The van der Waals surface area contributed by atoms with Crippen LogP contribution in [0.4, 0.5) is 0 Å². The summed E-state index contributed by atoms with van der Waals surface area (Å²) in [4.78, 5) is 11.0. The van der Waals surface area contributed by atoms with Gasteiger partial charge in [0.25, 0.3) is 0 Å². The summed E-state index contributed by atoms with van der Waals surface area (Å²) in [7, 11) is 0. The van der Waals surface area contributed by atoms with Crippen LogP contribution in [0.5, 0.6) is 0 Å². The fraction of sp³-hybridized carbons (Fsp3) is 0.550. The van der Waals surface area contributed by atoms with E-state index in [1.807, 2.05) is 13.0 Å². The average molecular weight is 334 g/mol. The van der Waals surface area contributed by atoms with Crippen molar-refractivity contribution in [2.45, 2.75) is 52.4 Å². The summed E-state index contributed by atoms with van der Waals surface area (Å²) in [5.41, 5.74) is 4.41. The molecule has 0 fully saturated rings. The Labute approximate surface area is 145 Å². The van der Waals surface area contributed by atoms with Gasteiger partial charge in [0.15, 0.2) is 0 Å². The van der Waals surface area contributed by atoms with Crippen LogP contribution in [0.2, 0.25) is 0 Å². The SMILES string of the molecule is C/C(=C/CC/C(=C/CC/C(C)=C/CCC1=CC(=O)OC1)CO)CO. The van der Waals surface area contributed by atoms with E-state index in [0.29, 0.717) is 6.61 Å². The van der Waals surface area contributed by atoms with E-state index in [2.05, 4.69) is 19.1 Å². The largest absolute Gasteiger partial charge is 0.458 e. The van der Waals surface area contributed by atoms with E-state index in [-0.39, 0.29) is 19.2 Å². The molecule has 1 aliphatic heterocycles. The van der Waals surface area contributed by atoms with Crippen molar-refractivity contribution in [3.8, 4) is 0 Å². The average Bonchev–Trinajstić information content (AvgIpc) is 2.98. The van der Waals surface area contributed by atoms with E-state index in [1.165, 1.54) is 5.57 Å². The van der Waals surface area contributed by atoms with Gasteiger partial charge >= 0.3 is 5.97 Å². The van der Waals surface area contributed by atoms with Gasteiger partial charge in [0.2, 0.25) is 0 Å². The van der Waals surface area contributed by atoms with E-state index < -0.39 is 0 Å². The van der Waals surface area contributed by atoms with Crippen LogP contribution in [0.1, 0.15) is 52.4 Å². The molecule has 1 rings (SSSR count). The van der Waals surface area contributed by atoms with Gasteiger partial charge in [0.1, 0.15) is 6.61 Å². The van der Waals surface area contributed by atoms with Gasteiger partial charge in [-0.05, 0) is 63.5 Å².